The third-order valence-electron chi connectivity index (χ3n) is 6.42. The van der Waals surface area contributed by atoms with Crippen LogP contribution in [0.5, 0.6) is 0 Å². The fourth-order valence-electron chi connectivity index (χ4n) is 4.41. The van der Waals surface area contributed by atoms with Crippen LogP contribution in [-0.4, -0.2) is 57.8 Å². The Morgan fingerprint density at radius 2 is 1.89 bits per heavy atom. The molecular weight excluding hydrogens is 499 g/mol. The average Bonchev–Trinajstić information content (AvgIpc) is 3.31. The first-order valence-corrected chi connectivity index (χ1v) is 12.4. The molecule has 11 heteroatoms. The number of nitrogens with two attached hydrogens (primary N) is 1. The number of likely N-dealkylation sites (tertiary alicyclic amines) is 1. The molecule has 1 atom stereocenters. The van der Waals surface area contributed by atoms with Crippen LogP contribution in [0.3, 0.4) is 0 Å². The molecule has 1 unspecified atom stereocenters. The number of carbonyl (C=O) groups is 3. The molecular formula is C26H28ClFN6O3. The van der Waals surface area contributed by atoms with Crippen LogP contribution in [0, 0.1) is 5.82 Å². The van der Waals surface area contributed by atoms with Gasteiger partial charge in [-0.3, -0.25) is 23.9 Å². The summed E-state index contributed by atoms with van der Waals surface area (Å²) in [5.41, 5.74) is 6.50. The zero-order valence-corrected chi connectivity index (χ0v) is 21.1. The topological polar surface area (TPSA) is 122 Å². The van der Waals surface area contributed by atoms with Crippen LogP contribution in [0.2, 0.25) is 5.02 Å². The molecule has 2 aromatic carbocycles. The lowest BCUT2D eigenvalue weighted by atomic mass is 10.0. The number of nitrogens with one attached hydrogen (secondary N) is 2. The van der Waals surface area contributed by atoms with Gasteiger partial charge in [-0.05, 0) is 68.8 Å². The van der Waals surface area contributed by atoms with Gasteiger partial charge in [-0.2, -0.15) is 0 Å². The number of aromatic nitrogens is 2. The first-order valence-electron chi connectivity index (χ1n) is 12.0. The third kappa shape index (κ3) is 6.15. The van der Waals surface area contributed by atoms with Gasteiger partial charge in [-0.15, -0.1) is 0 Å². The molecule has 2 heterocycles. The van der Waals surface area contributed by atoms with Gasteiger partial charge >= 0.3 is 0 Å². The van der Waals surface area contributed by atoms with Crippen LogP contribution in [0.1, 0.15) is 57.5 Å². The number of piperidine rings is 1. The minimum Gasteiger partial charge on any atom is -0.364 e. The molecule has 4 N–H and O–H groups in total. The van der Waals surface area contributed by atoms with E-state index in [4.69, 9.17) is 17.3 Å². The lowest BCUT2D eigenvalue weighted by Crippen LogP contribution is -2.42. The van der Waals surface area contributed by atoms with Crippen LogP contribution in [0.15, 0.2) is 48.8 Å². The maximum Gasteiger partial charge on any atom is 0.270 e. The van der Waals surface area contributed by atoms with Gasteiger partial charge in [-0.25, -0.2) is 9.37 Å². The molecule has 1 saturated heterocycles. The van der Waals surface area contributed by atoms with Crippen molar-refractivity contribution in [3.8, 4) is 5.69 Å². The van der Waals surface area contributed by atoms with E-state index in [1.807, 2.05) is 0 Å². The largest absolute Gasteiger partial charge is 0.364 e. The minimum atomic E-state index is -0.811. The Morgan fingerprint density at radius 3 is 2.57 bits per heavy atom. The Bertz CT molecular complexity index is 1310. The summed E-state index contributed by atoms with van der Waals surface area (Å²) in [7, 11) is 0. The minimum absolute atomic E-state index is 0.00286. The van der Waals surface area contributed by atoms with Crippen molar-refractivity contribution in [2.45, 2.75) is 32.2 Å². The second-order valence-corrected chi connectivity index (χ2v) is 9.35. The van der Waals surface area contributed by atoms with Gasteiger partial charge < -0.3 is 16.4 Å². The Labute approximate surface area is 218 Å². The number of amides is 3. The molecule has 194 valence electrons. The van der Waals surface area contributed by atoms with Crippen molar-refractivity contribution in [1.82, 2.24) is 19.8 Å². The molecule has 3 aromatic rings. The van der Waals surface area contributed by atoms with Crippen molar-refractivity contribution in [2.24, 2.45) is 5.73 Å². The summed E-state index contributed by atoms with van der Waals surface area (Å²) >= 11 is 5.97. The molecule has 1 aliphatic heterocycles. The molecule has 4 rings (SSSR count). The second kappa shape index (κ2) is 11.5. The maximum absolute atomic E-state index is 13.3. The highest BCUT2D eigenvalue weighted by Crippen LogP contribution is 2.21. The Hall–Kier alpha value is -3.76. The van der Waals surface area contributed by atoms with E-state index in [-0.39, 0.29) is 22.0 Å². The summed E-state index contributed by atoms with van der Waals surface area (Å²) in [6, 6.07) is 10.5. The smallest absolute Gasteiger partial charge is 0.270 e. The highest BCUT2D eigenvalue weighted by atomic mass is 35.5. The Balaban J connectivity index is 1.48. The van der Waals surface area contributed by atoms with Gasteiger partial charge in [-0.1, -0.05) is 18.0 Å². The molecule has 0 aliphatic carbocycles. The number of halogens is 2. The van der Waals surface area contributed by atoms with E-state index in [1.165, 1.54) is 23.4 Å². The molecule has 0 radical (unpaired) electrons. The molecule has 3 amide bonds. The number of carbonyl (C=O) groups excluding carboxylic acids is 3. The molecule has 0 saturated carbocycles. The second-order valence-electron chi connectivity index (χ2n) is 8.94. The number of benzene rings is 2. The number of anilines is 1. The molecule has 0 bridgehead atoms. The third-order valence-corrected chi connectivity index (χ3v) is 6.73. The Kier molecular flexibility index (Phi) is 8.20. The summed E-state index contributed by atoms with van der Waals surface area (Å²) in [6.07, 6.45) is 4.85. The summed E-state index contributed by atoms with van der Waals surface area (Å²) in [5.74, 6) is -2.31. The van der Waals surface area contributed by atoms with Crippen LogP contribution in [0.25, 0.3) is 5.69 Å². The average molecular weight is 527 g/mol. The van der Waals surface area contributed by atoms with E-state index in [1.54, 1.807) is 24.3 Å². The van der Waals surface area contributed by atoms with Gasteiger partial charge in [0, 0.05) is 30.5 Å². The molecule has 37 heavy (non-hydrogen) atoms. The van der Waals surface area contributed by atoms with E-state index >= 15 is 0 Å². The number of hydrogen-bond donors (Lipinski definition) is 3. The fourth-order valence-corrected chi connectivity index (χ4v) is 4.66. The first kappa shape index (κ1) is 26.3. The van der Waals surface area contributed by atoms with Crippen molar-refractivity contribution in [1.29, 1.82) is 0 Å². The van der Waals surface area contributed by atoms with Crippen molar-refractivity contribution in [2.75, 3.05) is 25.0 Å². The van der Waals surface area contributed by atoms with Crippen molar-refractivity contribution in [3.63, 3.8) is 0 Å². The summed E-state index contributed by atoms with van der Waals surface area (Å²) < 4.78 is 14.7. The Morgan fingerprint density at radius 1 is 1.14 bits per heavy atom. The van der Waals surface area contributed by atoms with E-state index in [0.717, 1.165) is 31.5 Å². The van der Waals surface area contributed by atoms with Crippen LogP contribution >= 0.6 is 11.6 Å². The standard InChI is InChI=1S/C26H28ClFN6O3/c1-16-4-2-3-12-33(16)13-11-30-26(37)23-22(24(29)35)31-15-34(23)19-8-6-18(7-9-19)32-25(36)20-10-5-17(28)14-21(20)27/h5-10,14-16H,2-4,11-13H2,1H3,(H2,29,35)(H,30,37)(H,32,36). The highest BCUT2D eigenvalue weighted by Gasteiger charge is 2.24. The van der Waals surface area contributed by atoms with Gasteiger partial charge in [0.05, 0.1) is 10.6 Å². The van der Waals surface area contributed by atoms with E-state index < -0.39 is 23.5 Å². The van der Waals surface area contributed by atoms with E-state index in [2.05, 4.69) is 27.4 Å². The molecule has 0 spiro atoms. The normalized spacial score (nSPS) is 15.8. The molecule has 1 fully saturated rings. The summed E-state index contributed by atoms with van der Waals surface area (Å²) in [6.45, 7) is 4.31. The fraction of sp³-hybridized carbons (Fsp3) is 0.308. The summed E-state index contributed by atoms with van der Waals surface area (Å²) in [4.78, 5) is 44.0. The van der Waals surface area contributed by atoms with Gasteiger partial charge in [0.1, 0.15) is 17.8 Å². The van der Waals surface area contributed by atoms with Crippen molar-refractivity contribution >= 4 is 35.0 Å². The zero-order chi connectivity index (χ0) is 26.5. The van der Waals surface area contributed by atoms with Gasteiger partial charge in [0.15, 0.2) is 5.69 Å². The number of nitrogens with zero attached hydrogens (tertiary/aromatic N) is 3. The number of rotatable bonds is 8. The lowest BCUT2D eigenvalue weighted by molar-refractivity contribution is 0.0916. The van der Waals surface area contributed by atoms with Gasteiger partial charge in [0.2, 0.25) is 0 Å². The van der Waals surface area contributed by atoms with E-state index in [9.17, 15) is 18.8 Å². The number of hydrogen-bond acceptors (Lipinski definition) is 5. The van der Waals surface area contributed by atoms with Crippen LogP contribution < -0.4 is 16.4 Å². The van der Waals surface area contributed by atoms with Crippen LogP contribution in [-0.2, 0) is 0 Å². The predicted molar refractivity (Wildman–Crippen MR) is 139 cm³/mol. The first-order chi connectivity index (χ1) is 17.7. The number of primary amides is 1. The monoisotopic (exact) mass is 526 g/mol. The molecule has 9 nitrogen and oxygen atoms in total. The van der Waals surface area contributed by atoms with Crippen molar-refractivity contribution < 1.29 is 18.8 Å². The van der Waals surface area contributed by atoms with Crippen molar-refractivity contribution in [3.05, 3.63) is 76.6 Å². The maximum atomic E-state index is 13.3. The van der Waals surface area contributed by atoms with Gasteiger partial charge in [0.25, 0.3) is 17.7 Å². The quantitative estimate of drug-likeness (QED) is 0.414. The zero-order valence-electron chi connectivity index (χ0n) is 20.3. The predicted octanol–water partition coefficient (Wildman–Crippen LogP) is 3.62. The van der Waals surface area contributed by atoms with Crippen LogP contribution in [0.4, 0.5) is 10.1 Å². The lowest BCUT2D eigenvalue weighted by Gasteiger charge is -2.33. The molecule has 1 aromatic heterocycles. The molecule has 1 aliphatic rings. The SMILES string of the molecule is CC1CCCCN1CCNC(=O)c1c(C(N)=O)ncn1-c1ccc(NC(=O)c2ccc(F)cc2Cl)cc1. The highest BCUT2D eigenvalue weighted by molar-refractivity contribution is 6.34. The number of imidazole rings is 1. The summed E-state index contributed by atoms with van der Waals surface area (Å²) in [5, 5.41) is 5.57. The van der Waals surface area contributed by atoms with E-state index in [0.29, 0.717) is 30.5 Å².